The summed E-state index contributed by atoms with van der Waals surface area (Å²) < 4.78 is 0. The molecule has 4 nitrogen and oxygen atoms in total. The lowest BCUT2D eigenvalue weighted by Gasteiger charge is -2.27. The first-order valence-electron chi connectivity index (χ1n) is 8.49. The molecule has 0 spiro atoms. The molecule has 0 aromatic heterocycles. The summed E-state index contributed by atoms with van der Waals surface area (Å²) in [6.45, 7) is 0. The van der Waals surface area contributed by atoms with Crippen LogP contribution in [0, 0.1) is 5.92 Å². The van der Waals surface area contributed by atoms with Gasteiger partial charge in [0.15, 0.2) is 0 Å². The van der Waals surface area contributed by atoms with E-state index in [1.807, 2.05) is 18.2 Å². The monoisotopic (exact) mass is 302 g/mol. The third-order valence-electron chi connectivity index (χ3n) is 4.84. The fraction of sp³-hybridized carbons (Fsp3) is 0.611. The third-order valence-corrected chi connectivity index (χ3v) is 4.84. The topological polar surface area (TPSA) is 61.4 Å². The van der Waals surface area contributed by atoms with Gasteiger partial charge < -0.3 is 15.7 Å². The molecule has 0 bridgehead atoms. The molecule has 120 valence electrons. The Labute approximate surface area is 132 Å². The maximum atomic E-state index is 12.2. The molecule has 2 saturated carbocycles. The van der Waals surface area contributed by atoms with Crippen molar-refractivity contribution in [3.8, 4) is 0 Å². The second kappa shape index (κ2) is 7.14. The fourth-order valence-electron chi connectivity index (χ4n) is 3.32. The highest BCUT2D eigenvalue weighted by Gasteiger charge is 2.32. The first-order valence-corrected chi connectivity index (χ1v) is 8.49. The van der Waals surface area contributed by atoms with Gasteiger partial charge >= 0.3 is 6.03 Å². The zero-order valence-corrected chi connectivity index (χ0v) is 13.0. The van der Waals surface area contributed by atoms with E-state index in [2.05, 4.69) is 22.8 Å². The van der Waals surface area contributed by atoms with E-state index in [9.17, 15) is 9.90 Å². The molecule has 1 atom stereocenters. The minimum atomic E-state index is -0.182. The van der Waals surface area contributed by atoms with Gasteiger partial charge in [0.25, 0.3) is 0 Å². The summed E-state index contributed by atoms with van der Waals surface area (Å²) in [5.74, 6) is 0.624. The molecular weight excluding hydrogens is 276 g/mol. The molecule has 22 heavy (non-hydrogen) atoms. The first-order chi connectivity index (χ1) is 10.7. The molecule has 2 aliphatic rings. The summed E-state index contributed by atoms with van der Waals surface area (Å²) in [6.07, 6.45) is 6.49. The quantitative estimate of drug-likeness (QED) is 0.783. The fourth-order valence-corrected chi connectivity index (χ4v) is 3.32. The van der Waals surface area contributed by atoms with E-state index in [1.165, 1.54) is 18.4 Å². The second-order valence-electron chi connectivity index (χ2n) is 6.76. The maximum Gasteiger partial charge on any atom is 0.315 e. The van der Waals surface area contributed by atoms with Crippen LogP contribution >= 0.6 is 0 Å². The van der Waals surface area contributed by atoms with E-state index in [0.29, 0.717) is 5.92 Å². The van der Waals surface area contributed by atoms with E-state index in [0.717, 1.165) is 32.1 Å². The van der Waals surface area contributed by atoms with E-state index in [1.54, 1.807) is 0 Å². The highest BCUT2D eigenvalue weighted by molar-refractivity contribution is 5.74. The standard InChI is InChI=1S/C18H26N2O2/c21-16-10-8-15(9-11-16)19-18(22)20-17(14-6-7-14)12-13-4-2-1-3-5-13/h1-5,14-17,21H,6-12H2,(H2,19,20,22). The van der Waals surface area contributed by atoms with Gasteiger partial charge in [-0.3, -0.25) is 0 Å². The van der Waals surface area contributed by atoms with Gasteiger partial charge in [0.2, 0.25) is 0 Å². The van der Waals surface area contributed by atoms with Gasteiger partial charge in [0.05, 0.1) is 6.10 Å². The largest absolute Gasteiger partial charge is 0.393 e. The summed E-state index contributed by atoms with van der Waals surface area (Å²) in [5, 5.41) is 15.8. The number of amides is 2. The molecule has 2 amide bonds. The Hall–Kier alpha value is -1.55. The van der Waals surface area contributed by atoms with Crippen LogP contribution < -0.4 is 10.6 Å². The van der Waals surface area contributed by atoms with Crippen LogP contribution in [0.25, 0.3) is 0 Å². The van der Waals surface area contributed by atoms with Crippen LogP contribution in [0.2, 0.25) is 0 Å². The lowest BCUT2D eigenvalue weighted by Crippen LogP contribution is -2.48. The van der Waals surface area contributed by atoms with Crippen LogP contribution in [0.15, 0.2) is 30.3 Å². The van der Waals surface area contributed by atoms with Crippen molar-refractivity contribution >= 4 is 6.03 Å². The number of hydrogen-bond acceptors (Lipinski definition) is 2. The Morgan fingerprint density at radius 1 is 1.09 bits per heavy atom. The summed E-state index contributed by atoms with van der Waals surface area (Å²) >= 11 is 0. The van der Waals surface area contributed by atoms with Crippen molar-refractivity contribution in [2.75, 3.05) is 0 Å². The smallest absolute Gasteiger partial charge is 0.315 e. The second-order valence-corrected chi connectivity index (χ2v) is 6.76. The normalized spacial score (nSPS) is 26.2. The number of rotatable bonds is 5. The third kappa shape index (κ3) is 4.47. The average Bonchev–Trinajstić information content (AvgIpc) is 3.35. The zero-order valence-electron chi connectivity index (χ0n) is 13.0. The summed E-state index contributed by atoms with van der Waals surface area (Å²) in [7, 11) is 0. The summed E-state index contributed by atoms with van der Waals surface area (Å²) in [4.78, 5) is 12.2. The Balaban J connectivity index is 1.49. The number of nitrogens with one attached hydrogen (secondary N) is 2. The van der Waals surface area contributed by atoms with Gasteiger partial charge in [0, 0.05) is 12.1 Å². The van der Waals surface area contributed by atoms with Crippen molar-refractivity contribution in [2.24, 2.45) is 5.92 Å². The van der Waals surface area contributed by atoms with Crippen LogP contribution in [0.1, 0.15) is 44.1 Å². The van der Waals surface area contributed by atoms with Crippen molar-refractivity contribution in [3.63, 3.8) is 0 Å². The molecule has 0 radical (unpaired) electrons. The van der Waals surface area contributed by atoms with Gasteiger partial charge in [-0.05, 0) is 56.4 Å². The van der Waals surface area contributed by atoms with Gasteiger partial charge in [-0.15, -0.1) is 0 Å². The Morgan fingerprint density at radius 3 is 2.41 bits per heavy atom. The summed E-state index contributed by atoms with van der Waals surface area (Å²) in [5.41, 5.74) is 1.28. The molecule has 1 aromatic rings. The van der Waals surface area contributed by atoms with E-state index in [4.69, 9.17) is 0 Å². The highest BCUT2D eigenvalue weighted by atomic mass is 16.3. The molecule has 1 aromatic carbocycles. The lowest BCUT2D eigenvalue weighted by atomic mass is 9.93. The minimum Gasteiger partial charge on any atom is -0.393 e. The number of benzene rings is 1. The molecule has 3 N–H and O–H groups in total. The number of aliphatic hydroxyl groups excluding tert-OH is 1. The molecule has 2 aliphatic carbocycles. The SMILES string of the molecule is O=C(NC1CCC(O)CC1)NC(Cc1ccccc1)C1CC1. The zero-order chi connectivity index (χ0) is 15.4. The van der Waals surface area contributed by atoms with E-state index >= 15 is 0 Å². The van der Waals surface area contributed by atoms with Gasteiger partial charge in [-0.2, -0.15) is 0 Å². The minimum absolute atomic E-state index is 0.0470. The Bertz CT molecular complexity index is 479. The van der Waals surface area contributed by atoms with Crippen LogP contribution in [-0.4, -0.2) is 29.3 Å². The number of carbonyl (C=O) groups excluding carboxylic acids is 1. The number of aliphatic hydroxyl groups is 1. The number of urea groups is 1. The van der Waals surface area contributed by atoms with Gasteiger partial charge in [0.1, 0.15) is 0 Å². The van der Waals surface area contributed by atoms with Crippen LogP contribution in [0.3, 0.4) is 0 Å². The number of carbonyl (C=O) groups is 1. The van der Waals surface area contributed by atoms with Crippen LogP contribution in [-0.2, 0) is 6.42 Å². The maximum absolute atomic E-state index is 12.2. The van der Waals surface area contributed by atoms with E-state index in [-0.39, 0.29) is 24.2 Å². The van der Waals surface area contributed by atoms with Gasteiger partial charge in [-0.1, -0.05) is 30.3 Å². The molecule has 0 saturated heterocycles. The molecule has 4 heteroatoms. The van der Waals surface area contributed by atoms with Crippen LogP contribution in [0.5, 0.6) is 0 Å². The van der Waals surface area contributed by atoms with Crippen molar-refractivity contribution < 1.29 is 9.90 Å². The van der Waals surface area contributed by atoms with Crippen molar-refractivity contribution in [1.82, 2.24) is 10.6 Å². The summed E-state index contributed by atoms with van der Waals surface area (Å²) in [6, 6.07) is 10.8. The van der Waals surface area contributed by atoms with Crippen molar-refractivity contribution in [3.05, 3.63) is 35.9 Å². The van der Waals surface area contributed by atoms with Gasteiger partial charge in [-0.25, -0.2) is 4.79 Å². The van der Waals surface area contributed by atoms with Crippen molar-refractivity contribution in [2.45, 2.75) is 63.1 Å². The average molecular weight is 302 g/mol. The molecule has 0 heterocycles. The molecule has 0 aliphatic heterocycles. The number of hydrogen-bond donors (Lipinski definition) is 3. The first kappa shape index (κ1) is 15.3. The Morgan fingerprint density at radius 2 is 1.77 bits per heavy atom. The lowest BCUT2D eigenvalue weighted by molar-refractivity contribution is 0.117. The predicted molar refractivity (Wildman–Crippen MR) is 86.6 cm³/mol. The van der Waals surface area contributed by atoms with Crippen LogP contribution in [0.4, 0.5) is 4.79 Å². The predicted octanol–water partition coefficient (Wildman–Crippen LogP) is 2.61. The molecule has 2 fully saturated rings. The molecular formula is C18H26N2O2. The molecule has 3 rings (SSSR count). The van der Waals surface area contributed by atoms with E-state index < -0.39 is 0 Å². The highest BCUT2D eigenvalue weighted by Crippen LogP contribution is 2.34. The molecule has 1 unspecified atom stereocenters. The Kier molecular flexibility index (Phi) is 4.98. The van der Waals surface area contributed by atoms with Crippen molar-refractivity contribution in [1.29, 1.82) is 0 Å².